The second kappa shape index (κ2) is 11.2. The van der Waals surface area contributed by atoms with Crippen LogP contribution >= 0.6 is 0 Å². The maximum atomic E-state index is 13.3. The van der Waals surface area contributed by atoms with E-state index in [0.717, 1.165) is 31.2 Å². The fourth-order valence-corrected chi connectivity index (χ4v) is 3.91. The highest BCUT2D eigenvalue weighted by molar-refractivity contribution is 5.91. The quantitative estimate of drug-likeness (QED) is 0.388. The molecule has 0 unspecified atom stereocenters. The summed E-state index contributed by atoms with van der Waals surface area (Å²) in [5.74, 6) is 0.417. The van der Waals surface area contributed by atoms with Crippen LogP contribution in [0.1, 0.15) is 52.0 Å². The summed E-state index contributed by atoms with van der Waals surface area (Å²) in [5.41, 5.74) is 0.381. The lowest BCUT2D eigenvalue weighted by Crippen LogP contribution is -2.53. The second-order valence-corrected chi connectivity index (χ2v) is 9.84. The molecule has 0 saturated heterocycles. The van der Waals surface area contributed by atoms with E-state index >= 15 is 0 Å². The van der Waals surface area contributed by atoms with Crippen molar-refractivity contribution < 1.29 is 29.3 Å². The Morgan fingerprint density at radius 3 is 2.21 bits per heavy atom. The van der Waals surface area contributed by atoms with Crippen LogP contribution in [0.2, 0.25) is 0 Å². The van der Waals surface area contributed by atoms with Crippen molar-refractivity contribution in [3.8, 4) is 0 Å². The molecule has 9 heteroatoms. The Morgan fingerprint density at radius 1 is 1.06 bits per heavy atom. The van der Waals surface area contributed by atoms with Crippen molar-refractivity contribution in [1.82, 2.24) is 16.0 Å². The van der Waals surface area contributed by atoms with Gasteiger partial charge >= 0.3 is 12.2 Å². The maximum absolute atomic E-state index is 13.3. The van der Waals surface area contributed by atoms with Gasteiger partial charge in [0.05, 0.1) is 0 Å². The fraction of sp³-hybridized carbons (Fsp3) is 0.520. The average Bonchev–Trinajstić information content (AvgIpc) is 3.69. The molecule has 1 atom stereocenters. The summed E-state index contributed by atoms with van der Waals surface area (Å²) >= 11 is 0. The van der Waals surface area contributed by atoms with E-state index in [1.165, 1.54) is 12.4 Å². The first-order valence-corrected chi connectivity index (χ1v) is 11.7. The molecule has 0 radical (unpaired) electrons. The zero-order valence-corrected chi connectivity index (χ0v) is 20.0. The van der Waals surface area contributed by atoms with Crippen molar-refractivity contribution in [2.24, 2.45) is 17.8 Å². The van der Waals surface area contributed by atoms with E-state index in [2.05, 4.69) is 16.0 Å². The Bertz CT molecular complexity index is 905. The molecule has 9 nitrogen and oxygen atoms in total. The van der Waals surface area contributed by atoms with Gasteiger partial charge in [-0.1, -0.05) is 30.3 Å². The molecule has 34 heavy (non-hydrogen) atoms. The molecule has 5 N–H and O–H groups in total. The van der Waals surface area contributed by atoms with Gasteiger partial charge in [-0.15, -0.1) is 0 Å². The third kappa shape index (κ3) is 8.20. The first-order chi connectivity index (χ1) is 16.2. The predicted molar refractivity (Wildman–Crippen MR) is 126 cm³/mol. The lowest BCUT2D eigenvalue weighted by molar-refractivity contribution is -0.124. The minimum atomic E-state index is -0.770. The number of hydrogen-bond acceptors (Lipinski definition) is 5. The van der Waals surface area contributed by atoms with E-state index in [1.54, 1.807) is 20.8 Å². The minimum absolute atomic E-state index is 0.0297. The van der Waals surface area contributed by atoms with E-state index < -0.39 is 29.7 Å². The van der Waals surface area contributed by atoms with Crippen LogP contribution in [-0.2, 0) is 20.9 Å². The van der Waals surface area contributed by atoms with E-state index in [0.29, 0.717) is 11.8 Å². The Morgan fingerprint density at radius 2 is 1.68 bits per heavy atom. The molecule has 3 amide bonds. The van der Waals surface area contributed by atoms with Gasteiger partial charge in [0.2, 0.25) is 5.91 Å². The molecule has 1 aromatic carbocycles. The van der Waals surface area contributed by atoms with Crippen LogP contribution in [-0.4, -0.2) is 36.0 Å². The van der Waals surface area contributed by atoms with Crippen LogP contribution in [0.15, 0.2) is 42.2 Å². The highest BCUT2D eigenvalue weighted by Gasteiger charge is 2.48. The van der Waals surface area contributed by atoms with Crippen LogP contribution in [0.25, 0.3) is 0 Å². The van der Waals surface area contributed by atoms with Gasteiger partial charge in [-0.25, -0.2) is 9.59 Å². The van der Waals surface area contributed by atoms with Crippen molar-refractivity contribution in [2.45, 2.75) is 64.7 Å². The van der Waals surface area contributed by atoms with Gasteiger partial charge in [-0.2, -0.15) is 0 Å². The lowest BCUT2D eigenvalue weighted by atomic mass is 9.88. The zero-order chi connectivity index (χ0) is 24.7. The molecular weight excluding hydrogens is 436 g/mol. The molecule has 3 rings (SSSR count). The SMILES string of the molecule is CC(C)(C)OC(=O)N/C=C(\C=[NH2+])NC(=O)[C@@H](NC(=O)OCc1ccccc1)C(C1CC1)C1CC1. The average molecular weight is 472 g/mol. The van der Waals surface area contributed by atoms with Gasteiger partial charge in [-0.05, 0) is 69.8 Å². The normalized spacial score (nSPS) is 16.9. The van der Waals surface area contributed by atoms with E-state index in [-0.39, 0.29) is 18.2 Å². The number of carbonyl (C=O) groups excluding carboxylic acids is 3. The molecule has 0 aliphatic heterocycles. The van der Waals surface area contributed by atoms with Crippen molar-refractivity contribution in [3.63, 3.8) is 0 Å². The molecule has 2 aliphatic carbocycles. The summed E-state index contributed by atoms with van der Waals surface area (Å²) in [6.45, 7) is 5.35. The summed E-state index contributed by atoms with van der Waals surface area (Å²) in [7, 11) is 0. The molecule has 0 spiro atoms. The Hall–Kier alpha value is -3.36. The number of benzene rings is 1. The van der Waals surface area contributed by atoms with Gasteiger partial charge in [0.15, 0.2) is 6.21 Å². The van der Waals surface area contributed by atoms with E-state index in [1.807, 2.05) is 30.3 Å². The number of allylic oxidation sites excluding steroid dienone is 1. The Labute approximate surface area is 200 Å². The Balaban J connectivity index is 1.65. The summed E-state index contributed by atoms with van der Waals surface area (Å²) in [6, 6.07) is 8.57. The number of rotatable bonds is 10. The molecule has 0 aromatic heterocycles. The third-order valence-electron chi connectivity index (χ3n) is 5.68. The maximum Gasteiger partial charge on any atom is 0.411 e. The topological polar surface area (TPSA) is 131 Å². The van der Waals surface area contributed by atoms with Crippen molar-refractivity contribution in [1.29, 1.82) is 0 Å². The zero-order valence-electron chi connectivity index (χ0n) is 20.0. The summed E-state index contributed by atoms with van der Waals surface area (Å²) in [4.78, 5) is 37.8. The lowest BCUT2D eigenvalue weighted by Gasteiger charge is -2.27. The molecule has 0 heterocycles. The van der Waals surface area contributed by atoms with Crippen LogP contribution in [0, 0.1) is 17.8 Å². The number of nitrogens with two attached hydrogens (primary N) is 1. The third-order valence-corrected chi connectivity index (χ3v) is 5.68. The summed E-state index contributed by atoms with van der Waals surface area (Å²) < 4.78 is 10.5. The van der Waals surface area contributed by atoms with Crippen molar-refractivity contribution in [3.05, 3.63) is 47.8 Å². The number of alkyl carbamates (subject to hydrolysis) is 2. The molecule has 184 valence electrons. The first kappa shape index (κ1) is 25.3. The van der Waals surface area contributed by atoms with Gasteiger partial charge in [-0.3, -0.25) is 15.5 Å². The van der Waals surface area contributed by atoms with Crippen molar-refractivity contribution in [2.75, 3.05) is 0 Å². The van der Waals surface area contributed by atoms with Gasteiger partial charge in [0.1, 0.15) is 23.9 Å². The van der Waals surface area contributed by atoms with Crippen LogP contribution in [0.4, 0.5) is 9.59 Å². The van der Waals surface area contributed by atoms with Crippen LogP contribution in [0.3, 0.4) is 0 Å². The van der Waals surface area contributed by atoms with Crippen LogP contribution in [0.5, 0.6) is 0 Å². The van der Waals surface area contributed by atoms with E-state index in [9.17, 15) is 14.4 Å². The Kier molecular flexibility index (Phi) is 8.31. The van der Waals surface area contributed by atoms with Gasteiger partial charge in [0, 0.05) is 6.20 Å². The van der Waals surface area contributed by atoms with Gasteiger partial charge < -0.3 is 20.1 Å². The molecule has 2 fully saturated rings. The smallest absolute Gasteiger partial charge is 0.411 e. The molecule has 2 aliphatic rings. The molecule has 1 aromatic rings. The van der Waals surface area contributed by atoms with Gasteiger partial charge in [0.25, 0.3) is 0 Å². The monoisotopic (exact) mass is 471 g/mol. The summed E-state index contributed by atoms with van der Waals surface area (Å²) in [6.07, 6.45) is 5.27. The number of carbonyl (C=O) groups is 3. The highest BCUT2D eigenvalue weighted by Crippen LogP contribution is 2.50. The minimum Gasteiger partial charge on any atom is -0.445 e. The highest BCUT2D eigenvalue weighted by atomic mass is 16.6. The number of nitrogens with one attached hydrogen (secondary N) is 3. The predicted octanol–water partition coefficient (Wildman–Crippen LogP) is 2.03. The molecule has 2 saturated carbocycles. The number of ether oxygens (including phenoxy) is 2. The van der Waals surface area contributed by atoms with Crippen molar-refractivity contribution >= 4 is 24.3 Å². The largest absolute Gasteiger partial charge is 0.445 e. The van der Waals surface area contributed by atoms with E-state index in [4.69, 9.17) is 14.9 Å². The van der Waals surface area contributed by atoms with Crippen LogP contribution < -0.4 is 21.4 Å². The summed E-state index contributed by atoms with van der Waals surface area (Å²) in [5, 5.41) is 13.6. The first-order valence-electron chi connectivity index (χ1n) is 11.7. The number of hydrogen-bond donors (Lipinski definition) is 4. The number of amides is 3. The standard InChI is InChI=1S/C25H34N4O5/c1-25(2,3)34-23(31)27-14-19(13-26)28-22(30)21(20(17-9-10-17)18-11-12-18)29-24(32)33-15-16-7-5-4-6-8-16/h4-8,13-14,17-18,20-21,26H,9-12,15H2,1-3H3,(H,27,31)(H,28,30)(H,29,32)/p+1/b19-14+,26-13?/t21-/m0/s1. The molecular formula is C25H35N4O5+. The molecule has 0 bridgehead atoms. The second-order valence-electron chi connectivity index (χ2n) is 9.84. The fourth-order valence-electron chi connectivity index (χ4n) is 3.91.